The first-order valence-electron chi connectivity index (χ1n) is 12.7. The average Bonchev–Trinajstić information content (AvgIpc) is 2.91. The third kappa shape index (κ3) is 20.3. The molecule has 0 aliphatic rings. The number of para-hydroxylation sites is 1. The van der Waals surface area contributed by atoms with Crippen LogP contribution >= 0.6 is 34.8 Å². The molecule has 11 nitrogen and oxygen atoms in total. The molecule has 0 radical (unpaired) electrons. The van der Waals surface area contributed by atoms with Crippen LogP contribution in [0.15, 0.2) is 48.5 Å². The maximum Gasteiger partial charge on any atom is 0.310 e. The monoisotopic (exact) mass is 724 g/mol. The fourth-order valence-corrected chi connectivity index (χ4v) is 3.48. The van der Waals surface area contributed by atoms with E-state index < -0.39 is 46.0 Å². The Labute approximate surface area is 282 Å². The number of aliphatic carboxylic acids is 1. The number of rotatable bonds is 5. The van der Waals surface area contributed by atoms with Crippen LogP contribution in [-0.2, 0) is 41.6 Å². The largest absolute Gasteiger partial charge is 0.481 e. The molecule has 0 unspecified atom stereocenters. The molecule has 256 valence electrons. The summed E-state index contributed by atoms with van der Waals surface area (Å²) < 4.78 is 42.5. The van der Waals surface area contributed by atoms with Gasteiger partial charge in [-0.25, -0.2) is 13.2 Å². The molecule has 3 rings (SSSR count). The van der Waals surface area contributed by atoms with E-state index in [1.54, 1.807) is 12.1 Å². The predicted molar refractivity (Wildman–Crippen MR) is 170 cm³/mol. The van der Waals surface area contributed by atoms with Gasteiger partial charge in [0, 0.05) is 55.8 Å². The van der Waals surface area contributed by atoms with Crippen LogP contribution in [0.1, 0.15) is 45.7 Å². The lowest BCUT2D eigenvalue weighted by atomic mass is 10.1. The molecule has 3 aromatic rings. The first kappa shape index (κ1) is 44.6. The molecule has 0 spiro atoms. The van der Waals surface area contributed by atoms with Crippen LogP contribution in [0.5, 0.6) is 0 Å². The van der Waals surface area contributed by atoms with Gasteiger partial charge >= 0.3 is 11.9 Å². The zero-order chi connectivity index (χ0) is 37.0. The van der Waals surface area contributed by atoms with E-state index in [9.17, 15) is 42.5 Å². The van der Waals surface area contributed by atoms with Gasteiger partial charge in [-0.3, -0.25) is 34.1 Å². The second-order valence-electron chi connectivity index (χ2n) is 8.81. The molecule has 0 bridgehead atoms. The number of carboxylic acids is 1. The number of hydrogen-bond acceptors (Lipinski definition) is 9. The van der Waals surface area contributed by atoms with Crippen LogP contribution in [0.4, 0.5) is 24.5 Å². The number of ether oxygens (including phenoxy) is 1. The molecule has 3 N–H and O–H groups in total. The molecule has 47 heavy (non-hydrogen) atoms. The van der Waals surface area contributed by atoms with Crippen LogP contribution in [0.25, 0.3) is 0 Å². The molecule has 0 saturated carbocycles. The summed E-state index contributed by atoms with van der Waals surface area (Å²) in [4.78, 5) is 59.9. The summed E-state index contributed by atoms with van der Waals surface area (Å²) >= 11 is 16.7. The number of nitrogens with two attached hydrogens (primary N) is 1. The van der Waals surface area contributed by atoms with E-state index in [4.69, 9.17) is 50.4 Å². The van der Waals surface area contributed by atoms with Crippen LogP contribution in [-0.4, -0.2) is 39.5 Å². The fourth-order valence-electron chi connectivity index (χ4n) is 2.80. The number of nitro groups is 1. The number of Topliss-reactive ketones (excluding diaryl/α,β-unsaturated/α-hetero) is 2. The summed E-state index contributed by atoms with van der Waals surface area (Å²) in [6, 6.07) is 10.6. The molecule has 0 amide bonds. The van der Waals surface area contributed by atoms with Crippen molar-refractivity contribution in [2.75, 3.05) is 5.73 Å². The lowest BCUT2D eigenvalue weighted by Crippen LogP contribution is -2.03. The van der Waals surface area contributed by atoms with Gasteiger partial charge in [0.05, 0.1) is 15.6 Å². The molecule has 0 fully saturated rings. The number of nitro benzene ring substituents is 1. The number of hydrogen-bond donors (Lipinski definition) is 2. The molecule has 0 saturated heterocycles. The van der Waals surface area contributed by atoms with Crippen molar-refractivity contribution in [3.05, 3.63) is 102 Å². The number of nitrogens with zero attached hydrogens (tertiary/aromatic N) is 1. The van der Waals surface area contributed by atoms with Crippen molar-refractivity contribution in [2.24, 2.45) is 0 Å². The first-order valence-corrected chi connectivity index (χ1v) is 13.9. The number of carbonyl (C=O) groups excluding carboxylic acids is 4. The van der Waals surface area contributed by atoms with E-state index in [1.807, 2.05) is 0 Å². The normalized spacial score (nSPS) is 9.26. The van der Waals surface area contributed by atoms with Gasteiger partial charge in [0.1, 0.15) is 34.0 Å². The summed E-state index contributed by atoms with van der Waals surface area (Å²) in [5, 5.41) is 18.2. The van der Waals surface area contributed by atoms with Crippen LogP contribution in [0, 0.1) is 27.6 Å². The van der Waals surface area contributed by atoms with Crippen molar-refractivity contribution in [1.82, 2.24) is 0 Å². The van der Waals surface area contributed by atoms with Gasteiger partial charge in [-0.1, -0.05) is 46.9 Å². The molecule has 0 atom stereocenters. The Morgan fingerprint density at radius 1 is 0.745 bits per heavy atom. The van der Waals surface area contributed by atoms with Crippen molar-refractivity contribution in [3.63, 3.8) is 0 Å². The summed E-state index contributed by atoms with van der Waals surface area (Å²) in [5.74, 6) is -3.96. The molecular formula is C30H30Cl3F3N2O9. The SMILES string of the molecule is CC(=O)Cc1c(F)ccc([N+](=O)[O-])c1Cl.CC(=O)Cc1c(F)cccc1Cl.CC(=O)O.CC(=O)OC(C)=O.Nc1c(F)cccc1Cl. The maximum absolute atomic E-state index is 13.2. The lowest BCUT2D eigenvalue weighted by molar-refractivity contribution is -0.384. The summed E-state index contributed by atoms with van der Waals surface area (Å²) in [5.41, 5.74) is 4.95. The van der Waals surface area contributed by atoms with Crippen molar-refractivity contribution in [2.45, 2.75) is 47.5 Å². The van der Waals surface area contributed by atoms with Crippen molar-refractivity contribution >= 4 is 75.7 Å². The van der Waals surface area contributed by atoms with E-state index in [0.717, 1.165) is 19.1 Å². The zero-order valence-electron chi connectivity index (χ0n) is 25.5. The Hall–Kier alpha value is -4.53. The van der Waals surface area contributed by atoms with Gasteiger partial charge in [-0.2, -0.15) is 0 Å². The van der Waals surface area contributed by atoms with E-state index in [0.29, 0.717) is 5.02 Å². The predicted octanol–water partition coefficient (Wildman–Crippen LogP) is 7.38. The van der Waals surface area contributed by atoms with Gasteiger partial charge in [0.15, 0.2) is 0 Å². The number of carbonyl (C=O) groups is 5. The third-order valence-corrected chi connectivity index (χ3v) is 5.67. The Kier molecular flexibility index (Phi) is 21.7. The molecule has 0 aliphatic heterocycles. The fraction of sp³-hybridized carbons (Fsp3) is 0.233. The smallest absolute Gasteiger partial charge is 0.310 e. The highest BCUT2D eigenvalue weighted by molar-refractivity contribution is 6.33. The summed E-state index contributed by atoms with van der Waals surface area (Å²) in [7, 11) is 0. The van der Waals surface area contributed by atoms with Gasteiger partial charge in [-0.15, -0.1) is 0 Å². The van der Waals surface area contributed by atoms with Crippen molar-refractivity contribution < 1.29 is 51.9 Å². The topological polar surface area (TPSA) is 184 Å². The van der Waals surface area contributed by atoms with Gasteiger partial charge in [-0.05, 0) is 44.2 Å². The standard InChI is InChI=1S/C9H7ClFNO3.C9H8ClFO.C6H5ClFN.C4H6O3.C2H4O2/c1-5(13)4-6-7(11)2-3-8(9(6)10)12(14)15;1-6(12)5-7-8(10)3-2-4-9(7)11;7-4-2-1-3-5(8)6(4)9;1-3(5)7-4(2)6;1-2(3)4/h2-3H,4H2,1H3;2-4H,5H2,1H3;1-3H,9H2;1-2H3;1H3,(H,3,4). The highest BCUT2D eigenvalue weighted by atomic mass is 35.5. The summed E-state index contributed by atoms with van der Waals surface area (Å²) in [6.45, 7) is 6.11. The van der Waals surface area contributed by atoms with Crippen molar-refractivity contribution in [3.8, 4) is 0 Å². The maximum atomic E-state index is 13.2. The quantitative estimate of drug-likeness (QED) is 0.0885. The molecule has 0 aliphatic carbocycles. The number of halogens is 6. The highest BCUT2D eigenvalue weighted by Crippen LogP contribution is 2.30. The number of benzene rings is 3. The van der Waals surface area contributed by atoms with E-state index in [2.05, 4.69) is 4.74 Å². The molecule has 0 heterocycles. The number of esters is 2. The van der Waals surface area contributed by atoms with Crippen LogP contribution in [0.3, 0.4) is 0 Å². The number of carboxylic acid groups (broad SMARTS) is 1. The van der Waals surface area contributed by atoms with Gasteiger partial charge in [0.2, 0.25) is 0 Å². The molecule has 3 aromatic carbocycles. The number of nitrogen functional groups attached to an aromatic ring is 1. The molecule has 17 heteroatoms. The minimum atomic E-state index is -0.833. The summed E-state index contributed by atoms with van der Waals surface area (Å²) in [6.07, 6.45) is -0.183. The van der Waals surface area contributed by atoms with E-state index in [1.165, 1.54) is 52.0 Å². The van der Waals surface area contributed by atoms with Crippen LogP contribution in [0.2, 0.25) is 15.1 Å². The Bertz CT molecular complexity index is 1530. The lowest BCUT2D eigenvalue weighted by Gasteiger charge is -2.03. The minimum absolute atomic E-state index is 0.0131. The van der Waals surface area contributed by atoms with E-state index >= 15 is 0 Å². The Morgan fingerprint density at radius 2 is 1.15 bits per heavy atom. The third-order valence-electron chi connectivity index (χ3n) is 4.56. The number of anilines is 1. The van der Waals surface area contributed by atoms with E-state index in [-0.39, 0.29) is 51.3 Å². The Balaban J connectivity index is 0. The molecule has 0 aromatic heterocycles. The first-order chi connectivity index (χ1) is 21.6. The molecular weight excluding hydrogens is 696 g/mol. The average molecular weight is 726 g/mol. The highest BCUT2D eigenvalue weighted by Gasteiger charge is 2.20. The van der Waals surface area contributed by atoms with Gasteiger partial charge < -0.3 is 15.6 Å². The Morgan fingerprint density at radius 3 is 1.49 bits per heavy atom. The van der Waals surface area contributed by atoms with Gasteiger partial charge in [0.25, 0.3) is 11.7 Å². The number of ketones is 2. The second-order valence-corrected chi connectivity index (χ2v) is 10.0. The minimum Gasteiger partial charge on any atom is -0.481 e. The zero-order valence-corrected chi connectivity index (χ0v) is 27.8. The second kappa shape index (κ2) is 22.9. The van der Waals surface area contributed by atoms with Crippen molar-refractivity contribution in [1.29, 1.82) is 0 Å². The van der Waals surface area contributed by atoms with Crippen LogP contribution < -0.4 is 5.73 Å².